The Kier molecular flexibility index (Phi) is 4.34. The summed E-state index contributed by atoms with van der Waals surface area (Å²) in [6, 6.07) is 6.35. The number of rotatable bonds is 4. The Bertz CT molecular complexity index is 956. The summed E-state index contributed by atoms with van der Waals surface area (Å²) in [5.41, 5.74) is 7.27. The van der Waals surface area contributed by atoms with E-state index in [2.05, 4.69) is 15.3 Å². The van der Waals surface area contributed by atoms with E-state index < -0.39 is 5.91 Å². The molecule has 1 aliphatic rings. The van der Waals surface area contributed by atoms with E-state index >= 15 is 0 Å². The standard InChI is InChI=1S/C18H16FN5OS/c19-11-6-4-10(5-7-11)18-24-16-12(2-1-3-14(16)26-18)22-15-9-21-8-13(23-15)17(20)25/h4-9,12H,1-3H2,(H2,20,25)(H,22,23). The largest absolute Gasteiger partial charge is 0.364 e. The second kappa shape index (κ2) is 6.80. The summed E-state index contributed by atoms with van der Waals surface area (Å²) < 4.78 is 13.2. The van der Waals surface area contributed by atoms with Gasteiger partial charge in [0, 0.05) is 10.4 Å². The van der Waals surface area contributed by atoms with Gasteiger partial charge in [-0.1, -0.05) is 0 Å². The van der Waals surface area contributed by atoms with Crippen molar-refractivity contribution in [3.8, 4) is 10.6 Å². The average Bonchev–Trinajstić information content (AvgIpc) is 3.08. The van der Waals surface area contributed by atoms with Gasteiger partial charge in [0.1, 0.15) is 22.3 Å². The molecule has 1 amide bonds. The number of carbonyl (C=O) groups is 1. The summed E-state index contributed by atoms with van der Waals surface area (Å²) in [4.78, 5) is 25.5. The molecule has 0 radical (unpaired) electrons. The highest BCUT2D eigenvalue weighted by Crippen LogP contribution is 2.38. The Morgan fingerprint density at radius 2 is 2.04 bits per heavy atom. The number of aryl methyl sites for hydroxylation is 1. The summed E-state index contributed by atoms with van der Waals surface area (Å²) in [5, 5.41) is 4.18. The zero-order valence-electron chi connectivity index (χ0n) is 13.8. The van der Waals surface area contributed by atoms with Crippen molar-refractivity contribution >= 4 is 23.1 Å². The predicted molar refractivity (Wildman–Crippen MR) is 97.4 cm³/mol. The highest BCUT2D eigenvalue weighted by Gasteiger charge is 2.25. The molecule has 0 fully saturated rings. The number of carbonyl (C=O) groups excluding carboxylic acids is 1. The topological polar surface area (TPSA) is 93.8 Å². The number of aromatic nitrogens is 3. The van der Waals surface area contributed by atoms with E-state index in [0.29, 0.717) is 5.82 Å². The fourth-order valence-electron chi connectivity index (χ4n) is 3.01. The lowest BCUT2D eigenvalue weighted by Gasteiger charge is -2.22. The van der Waals surface area contributed by atoms with Crippen molar-refractivity contribution in [1.82, 2.24) is 15.0 Å². The molecule has 1 atom stereocenters. The van der Waals surface area contributed by atoms with Crippen molar-refractivity contribution in [3.05, 3.63) is 58.7 Å². The van der Waals surface area contributed by atoms with Crippen LogP contribution >= 0.6 is 11.3 Å². The van der Waals surface area contributed by atoms with Gasteiger partial charge in [-0.05, 0) is 43.5 Å². The molecule has 8 heteroatoms. The van der Waals surface area contributed by atoms with Gasteiger partial charge in [-0.2, -0.15) is 0 Å². The minimum atomic E-state index is -0.613. The van der Waals surface area contributed by atoms with Crippen molar-refractivity contribution in [2.75, 3.05) is 5.32 Å². The number of hydrogen-bond donors (Lipinski definition) is 2. The zero-order valence-corrected chi connectivity index (χ0v) is 14.6. The molecule has 4 rings (SSSR count). The van der Waals surface area contributed by atoms with Gasteiger partial charge < -0.3 is 11.1 Å². The predicted octanol–water partition coefficient (Wildman–Crippen LogP) is 3.33. The maximum absolute atomic E-state index is 13.2. The third-order valence-electron chi connectivity index (χ3n) is 4.25. The van der Waals surface area contributed by atoms with E-state index in [1.807, 2.05) is 0 Å². The molecule has 1 aliphatic carbocycles. The number of benzene rings is 1. The third kappa shape index (κ3) is 3.28. The minimum Gasteiger partial charge on any atom is -0.364 e. The van der Waals surface area contributed by atoms with Crippen LogP contribution in [0.5, 0.6) is 0 Å². The molecule has 0 aliphatic heterocycles. The van der Waals surface area contributed by atoms with E-state index in [0.717, 1.165) is 35.5 Å². The molecular formula is C18H16FN5OS. The van der Waals surface area contributed by atoms with Gasteiger partial charge in [0.05, 0.1) is 24.1 Å². The summed E-state index contributed by atoms with van der Waals surface area (Å²) in [5.74, 6) is -0.379. The normalized spacial score (nSPS) is 16.1. The van der Waals surface area contributed by atoms with E-state index in [4.69, 9.17) is 10.7 Å². The number of amides is 1. The van der Waals surface area contributed by atoms with Crippen molar-refractivity contribution in [2.45, 2.75) is 25.3 Å². The SMILES string of the molecule is NC(=O)c1cncc(NC2CCCc3sc(-c4ccc(F)cc4)nc32)n1. The lowest BCUT2D eigenvalue weighted by atomic mass is 9.97. The lowest BCUT2D eigenvalue weighted by molar-refractivity contribution is 0.0995. The third-order valence-corrected chi connectivity index (χ3v) is 5.43. The molecule has 132 valence electrons. The maximum atomic E-state index is 13.2. The number of fused-ring (bicyclic) bond motifs is 1. The summed E-state index contributed by atoms with van der Waals surface area (Å²) in [6.07, 6.45) is 5.81. The van der Waals surface area contributed by atoms with Crippen LogP contribution in [0.1, 0.15) is 39.9 Å². The second-order valence-corrected chi connectivity index (χ2v) is 7.16. The first-order chi connectivity index (χ1) is 12.6. The van der Waals surface area contributed by atoms with Crippen LogP contribution in [0, 0.1) is 5.82 Å². The smallest absolute Gasteiger partial charge is 0.268 e. The van der Waals surface area contributed by atoms with E-state index in [1.54, 1.807) is 29.7 Å². The number of thiazole rings is 1. The lowest BCUT2D eigenvalue weighted by Crippen LogP contribution is -2.19. The van der Waals surface area contributed by atoms with Crippen LogP contribution in [0.25, 0.3) is 10.6 Å². The Balaban J connectivity index is 1.62. The number of nitrogens with zero attached hydrogens (tertiary/aromatic N) is 3. The highest BCUT2D eigenvalue weighted by atomic mass is 32.1. The average molecular weight is 369 g/mol. The first-order valence-electron chi connectivity index (χ1n) is 8.24. The summed E-state index contributed by atoms with van der Waals surface area (Å²) >= 11 is 1.63. The summed E-state index contributed by atoms with van der Waals surface area (Å²) in [7, 11) is 0. The Hall–Kier alpha value is -2.87. The molecule has 3 N–H and O–H groups in total. The molecule has 26 heavy (non-hydrogen) atoms. The molecule has 0 saturated heterocycles. The molecule has 2 heterocycles. The van der Waals surface area contributed by atoms with Crippen LogP contribution in [0.2, 0.25) is 0 Å². The second-order valence-electron chi connectivity index (χ2n) is 6.08. The molecule has 3 aromatic rings. The van der Waals surface area contributed by atoms with Crippen LogP contribution in [0.15, 0.2) is 36.7 Å². The van der Waals surface area contributed by atoms with Crippen molar-refractivity contribution in [2.24, 2.45) is 5.73 Å². The summed E-state index contributed by atoms with van der Waals surface area (Å²) in [6.45, 7) is 0. The molecule has 0 spiro atoms. The van der Waals surface area contributed by atoms with Crippen molar-refractivity contribution in [3.63, 3.8) is 0 Å². The van der Waals surface area contributed by atoms with Crippen LogP contribution in [-0.4, -0.2) is 20.9 Å². The van der Waals surface area contributed by atoms with Gasteiger partial charge in [-0.15, -0.1) is 11.3 Å². The molecular weight excluding hydrogens is 353 g/mol. The van der Waals surface area contributed by atoms with E-state index in [-0.39, 0.29) is 17.6 Å². The van der Waals surface area contributed by atoms with Crippen LogP contribution in [0.4, 0.5) is 10.2 Å². The van der Waals surface area contributed by atoms with Crippen molar-refractivity contribution in [1.29, 1.82) is 0 Å². The molecule has 0 bridgehead atoms. The zero-order chi connectivity index (χ0) is 18.1. The number of primary amides is 1. The van der Waals surface area contributed by atoms with Gasteiger partial charge in [-0.3, -0.25) is 9.78 Å². The van der Waals surface area contributed by atoms with Crippen LogP contribution in [-0.2, 0) is 6.42 Å². The first kappa shape index (κ1) is 16.6. The fraction of sp³-hybridized carbons (Fsp3) is 0.222. The number of nitrogens with two attached hydrogens (primary N) is 1. The molecule has 1 aromatic carbocycles. The van der Waals surface area contributed by atoms with Gasteiger partial charge >= 0.3 is 0 Å². The van der Waals surface area contributed by atoms with Gasteiger partial charge in [0.25, 0.3) is 5.91 Å². The molecule has 6 nitrogen and oxygen atoms in total. The number of halogens is 1. The number of nitrogens with one attached hydrogen (secondary N) is 1. The van der Waals surface area contributed by atoms with E-state index in [9.17, 15) is 9.18 Å². The van der Waals surface area contributed by atoms with Crippen LogP contribution < -0.4 is 11.1 Å². The number of hydrogen-bond acceptors (Lipinski definition) is 6. The van der Waals surface area contributed by atoms with Crippen LogP contribution in [0.3, 0.4) is 0 Å². The fourth-order valence-corrected chi connectivity index (χ4v) is 4.18. The Morgan fingerprint density at radius 3 is 2.81 bits per heavy atom. The quantitative estimate of drug-likeness (QED) is 0.736. The number of anilines is 1. The minimum absolute atomic E-state index is 0.0124. The van der Waals surface area contributed by atoms with Gasteiger partial charge in [-0.25, -0.2) is 14.4 Å². The van der Waals surface area contributed by atoms with Gasteiger partial charge in [0.2, 0.25) is 0 Å². The Labute approximate surface area is 153 Å². The van der Waals surface area contributed by atoms with E-state index in [1.165, 1.54) is 23.2 Å². The maximum Gasteiger partial charge on any atom is 0.268 e. The molecule has 1 unspecified atom stereocenters. The Morgan fingerprint density at radius 1 is 1.23 bits per heavy atom. The monoisotopic (exact) mass is 369 g/mol. The highest BCUT2D eigenvalue weighted by molar-refractivity contribution is 7.15. The first-order valence-corrected chi connectivity index (χ1v) is 9.06. The van der Waals surface area contributed by atoms with Gasteiger partial charge in [0.15, 0.2) is 0 Å². The molecule has 0 saturated carbocycles. The molecule has 2 aromatic heterocycles. The van der Waals surface area contributed by atoms with Crippen molar-refractivity contribution < 1.29 is 9.18 Å².